The van der Waals surface area contributed by atoms with Crippen LogP contribution in [-0.4, -0.2) is 47.0 Å². The summed E-state index contributed by atoms with van der Waals surface area (Å²) >= 11 is 1.52. The fraction of sp³-hybridized carbons (Fsp3) is 0.298. The van der Waals surface area contributed by atoms with Crippen molar-refractivity contribution >= 4 is 29.7 Å². The van der Waals surface area contributed by atoms with E-state index >= 15 is 0 Å². The molecule has 0 aliphatic heterocycles. The number of rotatable bonds is 15. The minimum atomic E-state index is -1.12. The van der Waals surface area contributed by atoms with E-state index in [-0.39, 0.29) is 24.4 Å². The van der Waals surface area contributed by atoms with E-state index in [0.29, 0.717) is 5.75 Å². The van der Waals surface area contributed by atoms with Gasteiger partial charge < -0.3 is 24.8 Å². The Morgan fingerprint density at radius 3 is 1.52 bits per heavy atom. The van der Waals surface area contributed by atoms with E-state index in [1.54, 1.807) is 20.8 Å². The van der Waals surface area contributed by atoms with Crippen molar-refractivity contribution in [1.29, 1.82) is 0 Å². The van der Waals surface area contributed by atoms with Gasteiger partial charge in [0.05, 0.1) is 4.75 Å². The second-order valence-corrected chi connectivity index (χ2v) is 16.7. The highest BCUT2D eigenvalue weighted by Crippen LogP contribution is 2.48. The topological polar surface area (TPSA) is 103 Å². The van der Waals surface area contributed by atoms with Crippen molar-refractivity contribution in [2.45, 2.75) is 82.6 Å². The summed E-state index contributed by atoms with van der Waals surface area (Å²) in [5, 5.41) is 5.78. The van der Waals surface area contributed by atoms with Gasteiger partial charge in [-0.3, -0.25) is 4.79 Å². The minimum Gasteiger partial charge on any atom is -0.488 e. The lowest BCUT2D eigenvalue weighted by molar-refractivity contribution is -0.158. The molecule has 9 heteroatoms. The van der Waals surface area contributed by atoms with E-state index in [4.69, 9.17) is 14.2 Å². The molecule has 8 nitrogen and oxygen atoms in total. The van der Waals surface area contributed by atoms with Gasteiger partial charge in [-0.2, -0.15) is 0 Å². The molecule has 292 valence electrons. The van der Waals surface area contributed by atoms with Crippen LogP contribution in [0.2, 0.25) is 0 Å². The Morgan fingerprint density at radius 1 is 0.571 bits per heavy atom. The van der Waals surface area contributed by atoms with Crippen molar-refractivity contribution in [3.05, 3.63) is 173 Å². The second-order valence-electron chi connectivity index (χ2n) is 15.5. The minimum absolute atomic E-state index is 0.0194. The van der Waals surface area contributed by atoms with E-state index in [1.807, 2.05) is 130 Å². The number of ether oxygens (including phenoxy) is 3. The van der Waals surface area contributed by atoms with Crippen LogP contribution < -0.4 is 15.4 Å². The number of carbonyl (C=O) groups is 3. The summed E-state index contributed by atoms with van der Waals surface area (Å²) in [6.45, 7) is 11.3. The van der Waals surface area contributed by atoms with Gasteiger partial charge in [0.25, 0.3) is 0 Å². The summed E-state index contributed by atoms with van der Waals surface area (Å²) in [5.41, 5.74) is 3.41. The Labute approximate surface area is 335 Å². The van der Waals surface area contributed by atoms with Crippen molar-refractivity contribution < 1.29 is 28.6 Å². The maximum Gasteiger partial charge on any atom is 0.408 e. The third kappa shape index (κ3) is 12.0. The average Bonchev–Trinajstić information content (AvgIpc) is 3.17. The molecule has 0 saturated carbocycles. The lowest BCUT2D eigenvalue weighted by Crippen LogP contribution is -2.54. The van der Waals surface area contributed by atoms with Crippen molar-refractivity contribution in [2.24, 2.45) is 0 Å². The maximum absolute atomic E-state index is 14.5. The molecule has 2 amide bonds. The number of alkyl carbamates (subject to hydrolysis) is 1. The zero-order chi connectivity index (χ0) is 40.2. The molecular weight excluding hydrogens is 721 g/mol. The molecule has 0 heterocycles. The van der Waals surface area contributed by atoms with Gasteiger partial charge in [-0.15, -0.1) is 11.8 Å². The van der Waals surface area contributed by atoms with Crippen LogP contribution >= 0.6 is 11.8 Å². The molecule has 5 rings (SSSR count). The fourth-order valence-electron chi connectivity index (χ4n) is 6.19. The van der Waals surface area contributed by atoms with Gasteiger partial charge in [-0.25, -0.2) is 9.59 Å². The molecule has 0 aliphatic rings. The molecule has 2 atom stereocenters. The first-order valence-corrected chi connectivity index (χ1v) is 19.8. The van der Waals surface area contributed by atoms with Crippen LogP contribution in [0.5, 0.6) is 5.75 Å². The van der Waals surface area contributed by atoms with Crippen molar-refractivity contribution in [1.82, 2.24) is 10.6 Å². The van der Waals surface area contributed by atoms with E-state index in [9.17, 15) is 14.4 Å². The predicted octanol–water partition coefficient (Wildman–Crippen LogP) is 9.25. The number of thioether (sulfide) groups is 1. The van der Waals surface area contributed by atoms with Crippen molar-refractivity contribution in [2.75, 3.05) is 5.75 Å². The van der Waals surface area contributed by atoms with Gasteiger partial charge >= 0.3 is 12.1 Å². The molecule has 0 saturated heterocycles. The summed E-state index contributed by atoms with van der Waals surface area (Å²) in [6.07, 6.45) is -0.612. The molecule has 5 aromatic carbocycles. The largest absolute Gasteiger partial charge is 0.488 e. The highest BCUT2D eigenvalue weighted by Gasteiger charge is 2.39. The van der Waals surface area contributed by atoms with Crippen LogP contribution in [0.3, 0.4) is 0 Å². The molecule has 0 fully saturated rings. The lowest BCUT2D eigenvalue weighted by atomic mass is 9.84. The molecule has 0 radical (unpaired) electrons. The van der Waals surface area contributed by atoms with Gasteiger partial charge in [0.2, 0.25) is 5.91 Å². The van der Waals surface area contributed by atoms with Gasteiger partial charge in [0.1, 0.15) is 35.6 Å². The quantitative estimate of drug-likeness (QED) is 0.0808. The van der Waals surface area contributed by atoms with E-state index in [0.717, 1.165) is 27.8 Å². The lowest BCUT2D eigenvalue weighted by Gasteiger charge is -2.36. The van der Waals surface area contributed by atoms with E-state index < -0.39 is 40.4 Å². The molecule has 0 spiro atoms. The molecule has 56 heavy (non-hydrogen) atoms. The highest BCUT2D eigenvalue weighted by molar-refractivity contribution is 8.00. The van der Waals surface area contributed by atoms with Gasteiger partial charge in [0.15, 0.2) is 0 Å². The molecular formula is C47H52N2O6S. The van der Waals surface area contributed by atoms with E-state index in [1.165, 1.54) is 11.8 Å². The van der Waals surface area contributed by atoms with E-state index in [2.05, 4.69) is 47.0 Å². The van der Waals surface area contributed by atoms with Crippen LogP contribution in [0.15, 0.2) is 146 Å². The number of hydrogen-bond acceptors (Lipinski definition) is 7. The number of esters is 1. The number of amides is 2. The number of benzene rings is 5. The van der Waals surface area contributed by atoms with Crippen LogP contribution in [0.4, 0.5) is 4.79 Å². The first-order valence-electron chi connectivity index (χ1n) is 18.8. The van der Waals surface area contributed by atoms with Gasteiger partial charge in [-0.05, 0) is 81.5 Å². The zero-order valence-corrected chi connectivity index (χ0v) is 33.8. The van der Waals surface area contributed by atoms with Crippen LogP contribution in [-0.2, 0) is 36.8 Å². The smallest absolute Gasteiger partial charge is 0.408 e. The highest BCUT2D eigenvalue weighted by atomic mass is 32.2. The van der Waals surface area contributed by atoms with Crippen LogP contribution in [0, 0.1) is 0 Å². The third-order valence-corrected chi connectivity index (χ3v) is 10.3. The van der Waals surface area contributed by atoms with Crippen molar-refractivity contribution in [3.8, 4) is 5.75 Å². The Bertz CT molecular complexity index is 1900. The third-order valence-electron chi connectivity index (χ3n) is 8.62. The molecule has 0 unspecified atom stereocenters. The molecule has 0 aliphatic carbocycles. The number of nitrogens with one attached hydrogen (secondary N) is 2. The van der Waals surface area contributed by atoms with Crippen LogP contribution in [0.25, 0.3) is 0 Å². The SMILES string of the molecule is CC(C)(C)OC(=O)[C@H](Cc1ccc(OC(C)(C)C)cc1)NC(=O)[C@H](CSC(c1ccccc1)(c1ccccc1)c1ccccc1)NC(=O)OCc1ccccc1. The maximum atomic E-state index is 14.5. The first kappa shape index (κ1) is 41.6. The fourth-order valence-corrected chi connectivity index (χ4v) is 7.75. The van der Waals surface area contributed by atoms with Crippen molar-refractivity contribution in [3.63, 3.8) is 0 Å². The second kappa shape index (κ2) is 18.9. The standard InChI is InChI=1S/C47H52N2O6S/c1-45(2,3)54-39-29-27-34(28-30-39)31-40(43(51)55-46(4,5)6)48-42(50)41(49-44(52)53-32-35-19-11-7-12-20-35)33-56-47(36-21-13-8-14-22-36,37-23-15-9-16-24-37)38-25-17-10-18-26-38/h7-30,40-41H,31-33H2,1-6H3,(H,48,50)(H,49,52)/t40-,41-/m0/s1. The summed E-state index contributed by atoms with van der Waals surface area (Å²) in [4.78, 5) is 41.8. The Balaban J connectivity index is 1.48. The number of carbonyl (C=O) groups excluding carboxylic acids is 3. The zero-order valence-electron chi connectivity index (χ0n) is 33.0. The number of hydrogen-bond donors (Lipinski definition) is 2. The molecule has 5 aromatic rings. The monoisotopic (exact) mass is 772 g/mol. The summed E-state index contributed by atoms with van der Waals surface area (Å²) in [5.74, 6) is -0.342. The Morgan fingerprint density at radius 2 is 1.05 bits per heavy atom. The molecule has 0 aromatic heterocycles. The van der Waals surface area contributed by atoms with Crippen LogP contribution in [0.1, 0.15) is 69.4 Å². The molecule has 2 N–H and O–H groups in total. The molecule has 0 bridgehead atoms. The summed E-state index contributed by atoms with van der Waals surface area (Å²) in [7, 11) is 0. The summed E-state index contributed by atoms with van der Waals surface area (Å²) in [6, 6.07) is 44.8. The normalized spacial score (nSPS) is 12.8. The Kier molecular flexibility index (Phi) is 14.0. The Hall–Kier alpha value is -5.54. The average molecular weight is 773 g/mol. The first-order chi connectivity index (χ1) is 26.7. The predicted molar refractivity (Wildman–Crippen MR) is 224 cm³/mol. The summed E-state index contributed by atoms with van der Waals surface area (Å²) < 4.78 is 16.6. The van der Waals surface area contributed by atoms with Gasteiger partial charge in [-0.1, -0.05) is 133 Å². The van der Waals surface area contributed by atoms with Gasteiger partial charge in [0, 0.05) is 12.2 Å².